The Hall–Kier alpha value is -2.44. The Morgan fingerprint density at radius 1 is 1.38 bits per heavy atom. The lowest BCUT2D eigenvalue weighted by Crippen LogP contribution is -2.40. The zero-order chi connectivity index (χ0) is 18.1. The van der Waals surface area contributed by atoms with E-state index >= 15 is 0 Å². The molecule has 0 spiro atoms. The van der Waals surface area contributed by atoms with Gasteiger partial charge in [0.15, 0.2) is 0 Å². The third-order valence-corrected chi connectivity index (χ3v) is 4.06. The highest BCUT2D eigenvalue weighted by Crippen LogP contribution is 2.35. The Morgan fingerprint density at radius 2 is 2.04 bits per heavy atom. The van der Waals surface area contributed by atoms with Gasteiger partial charge in [0.05, 0.1) is 4.92 Å². The molecule has 1 N–H and O–H groups in total. The van der Waals surface area contributed by atoms with E-state index in [9.17, 15) is 19.7 Å². The summed E-state index contributed by atoms with van der Waals surface area (Å²) in [4.78, 5) is 36.4. The van der Waals surface area contributed by atoms with Crippen molar-refractivity contribution in [2.45, 2.75) is 46.6 Å². The highest BCUT2D eigenvalue weighted by molar-refractivity contribution is 5.96. The number of hydrogen-bond donors (Lipinski definition) is 1. The summed E-state index contributed by atoms with van der Waals surface area (Å²) < 4.78 is 0. The van der Waals surface area contributed by atoms with Gasteiger partial charge in [-0.25, -0.2) is 0 Å². The molecule has 130 valence electrons. The summed E-state index contributed by atoms with van der Waals surface area (Å²) in [5, 5.41) is 13.6. The summed E-state index contributed by atoms with van der Waals surface area (Å²) in [5.74, 6) is -0.190. The Labute approximate surface area is 141 Å². The molecule has 0 bridgehead atoms. The first kappa shape index (κ1) is 17.9. The molecule has 1 heterocycles. The van der Waals surface area contributed by atoms with E-state index in [0.717, 1.165) is 11.3 Å². The smallest absolute Gasteiger partial charge is 0.269 e. The molecule has 0 aromatic heterocycles. The average Bonchev–Trinajstić information content (AvgIpc) is 2.80. The third kappa shape index (κ3) is 3.72. The van der Waals surface area contributed by atoms with Crippen LogP contribution in [0.25, 0.3) is 0 Å². The van der Waals surface area contributed by atoms with Crippen LogP contribution in [0.2, 0.25) is 0 Å². The molecule has 24 heavy (non-hydrogen) atoms. The summed E-state index contributed by atoms with van der Waals surface area (Å²) in [7, 11) is 0. The van der Waals surface area contributed by atoms with Crippen molar-refractivity contribution >= 4 is 23.2 Å². The predicted molar refractivity (Wildman–Crippen MR) is 90.8 cm³/mol. The SMILES string of the molecule is C[C@H]1Cc2cc([N+](=O)[O-])ccc2N1C(=O)CCNC(=O)C(C)(C)C. The Balaban J connectivity index is 2.04. The first-order chi connectivity index (χ1) is 11.1. The van der Waals surface area contributed by atoms with Crippen LogP contribution in [0.1, 0.15) is 39.7 Å². The number of carbonyl (C=O) groups is 2. The van der Waals surface area contributed by atoms with Crippen LogP contribution in [0.15, 0.2) is 18.2 Å². The maximum absolute atomic E-state index is 12.5. The highest BCUT2D eigenvalue weighted by Gasteiger charge is 2.32. The van der Waals surface area contributed by atoms with Gasteiger partial charge in [0.1, 0.15) is 0 Å². The molecular formula is C17H23N3O4. The van der Waals surface area contributed by atoms with Gasteiger partial charge in [0.25, 0.3) is 5.69 Å². The third-order valence-electron chi connectivity index (χ3n) is 4.06. The van der Waals surface area contributed by atoms with E-state index in [-0.39, 0.29) is 36.5 Å². The fourth-order valence-corrected chi connectivity index (χ4v) is 2.78. The van der Waals surface area contributed by atoms with Crippen LogP contribution in [0, 0.1) is 15.5 Å². The van der Waals surface area contributed by atoms with Crippen molar-refractivity contribution < 1.29 is 14.5 Å². The normalized spacial score (nSPS) is 16.7. The molecule has 0 saturated carbocycles. The van der Waals surface area contributed by atoms with Gasteiger partial charge in [-0.15, -0.1) is 0 Å². The van der Waals surface area contributed by atoms with Gasteiger partial charge in [0, 0.05) is 42.2 Å². The molecule has 1 aromatic rings. The van der Waals surface area contributed by atoms with E-state index in [1.54, 1.807) is 11.0 Å². The number of anilines is 1. The molecule has 7 heteroatoms. The van der Waals surface area contributed by atoms with Gasteiger partial charge in [0.2, 0.25) is 11.8 Å². The molecule has 2 amide bonds. The summed E-state index contributed by atoms with van der Waals surface area (Å²) in [6.45, 7) is 7.64. The standard InChI is InChI=1S/C17H23N3O4/c1-11-9-12-10-13(20(23)24)5-6-14(12)19(11)15(21)7-8-18-16(22)17(2,3)4/h5-6,10-11H,7-9H2,1-4H3,(H,18,22)/t11-/m0/s1. The summed E-state index contributed by atoms with van der Waals surface area (Å²) in [6, 6.07) is 4.52. The molecular weight excluding hydrogens is 310 g/mol. The van der Waals surface area contributed by atoms with Crippen molar-refractivity contribution in [3.8, 4) is 0 Å². The number of nitrogens with one attached hydrogen (secondary N) is 1. The van der Waals surface area contributed by atoms with E-state index in [0.29, 0.717) is 6.42 Å². The van der Waals surface area contributed by atoms with Gasteiger partial charge in [-0.1, -0.05) is 20.8 Å². The van der Waals surface area contributed by atoms with Gasteiger partial charge in [-0.3, -0.25) is 19.7 Å². The van der Waals surface area contributed by atoms with Crippen molar-refractivity contribution in [3.05, 3.63) is 33.9 Å². The Morgan fingerprint density at radius 3 is 2.62 bits per heavy atom. The number of fused-ring (bicyclic) bond motifs is 1. The zero-order valence-corrected chi connectivity index (χ0v) is 14.5. The van der Waals surface area contributed by atoms with E-state index < -0.39 is 10.3 Å². The topological polar surface area (TPSA) is 92.6 Å². The first-order valence-electron chi connectivity index (χ1n) is 7.99. The van der Waals surface area contributed by atoms with E-state index in [1.807, 2.05) is 27.7 Å². The molecule has 0 radical (unpaired) electrons. The molecule has 0 unspecified atom stereocenters. The maximum atomic E-state index is 12.5. The second kappa shape index (κ2) is 6.59. The monoisotopic (exact) mass is 333 g/mol. The number of hydrogen-bond acceptors (Lipinski definition) is 4. The van der Waals surface area contributed by atoms with Crippen molar-refractivity contribution in [1.29, 1.82) is 0 Å². The number of benzene rings is 1. The summed E-state index contributed by atoms with van der Waals surface area (Å²) in [5.41, 5.74) is 1.08. The van der Waals surface area contributed by atoms with Gasteiger partial charge in [-0.05, 0) is 25.0 Å². The zero-order valence-electron chi connectivity index (χ0n) is 14.5. The van der Waals surface area contributed by atoms with E-state index in [4.69, 9.17) is 0 Å². The number of nitro groups is 1. The lowest BCUT2D eigenvalue weighted by molar-refractivity contribution is -0.384. The maximum Gasteiger partial charge on any atom is 0.269 e. The van der Waals surface area contributed by atoms with E-state index in [2.05, 4.69) is 5.32 Å². The molecule has 7 nitrogen and oxygen atoms in total. The van der Waals surface area contributed by atoms with Crippen LogP contribution in [0.3, 0.4) is 0 Å². The number of carbonyl (C=O) groups excluding carboxylic acids is 2. The quantitative estimate of drug-likeness (QED) is 0.676. The minimum absolute atomic E-state index is 0.0349. The second-order valence-corrected chi connectivity index (χ2v) is 7.14. The van der Waals surface area contributed by atoms with Gasteiger partial charge >= 0.3 is 0 Å². The Bertz CT molecular complexity index is 679. The largest absolute Gasteiger partial charge is 0.355 e. The number of nitrogens with zero attached hydrogens (tertiary/aromatic N) is 2. The molecule has 1 aliphatic heterocycles. The van der Waals surface area contributed by atoms with Crippen LogP contribution in [-0.2, 0) is 16.0 Å². The molecule has 0 saturated heterocycles. The molecule has 1 aromatic carbocycles. The number of amides is 2. The second-order valence-electron chi connectivity index (χ2n) is 7.14. The van der Waals surface area contributed by atoms with Crippen molar-refractivity contribution in [3.63, 3.8) is 0 Å². The van der Waals surface area contributed by atoms with E-state index in [1.165, 1.54) is 12.1 Å². The van der Waals surface area contributed by atoms with Crippen LogP contribution in [0.4, 0.5) is 11.4 Å². The lowest BCUT2D eigenvalue weighted by atomic mass is 9.96. The molecule has 1 atom stereocenters. The predicted octanol–water partition coefficient (Wildman–Crippen LogP) is 2.42. The average molecular weight is 333 g/mol. The van der Waals surface area contributed by atoms with Gasteiger partial charge in [-0.2, -0.15) is 0 Å². The Kier molecular flexibility index (Phi) is 4.91. The fourth-order valence-electron chi connectivity index (χ4n) is 2.78. The molecule has 2 rings (SSSR count). The summed E-state index contributed by atoms with van der Waals surface area (Å²) >= 11 is 0. The van der Waals surface area contributed by atoms with Crippen LogP contribution >= 0.6 is 0 Å². The van der Waals surface area contributed by atoms with Gasteiger partial charge < -0.3 is 10.2 Å². The molecule has 0 fully saturated rings. The first-order valence-corrected chi connectivity index (χ1v) is 7.99. The lowest BCUT2D eigenvalue weighted by Gasteiger charge is -2.23. The van der Waals surface area contributed by atoms with Crippen molar-refractivity contribution in [2.24, 2.45) is 5.41 Å². The number of nitro benzene ring substituents is 1. The molecule has 1 aliphatic rings. The summed E-state index contributed by atoms with van der Waals surface area (Å²) in [6.07, 6.45) is 0.791. The minimum Gasteiger partial charge on any atom is -0.355 e. The van der Waals surface area contributed by atoms with Crippen LogP contribution in [0.5, 0.6) is 0 Å². The van der Waals surface area contributed by atoms with Crippen LogP contribution in [-0.4, -0.2) is 29.3 Å². The van der Waals surface area contributed by atoms with Crippen molar-refractivity contribution in [1.82, 2.24) is 5.32 Å². The highest BCUT2D eigenvalue weighted by atomic mass is 16.6. The fraction of sp³-hybridized carbons (Fsp3) is 0.529. The minimum atomic E-state index is -0.491. The number of non-ortho nitro benzene ring substituents is 1. The number of rotatable bonds is 4. The van der Waals surface area contributed by atoms with Crippen LogP contribution < -0.4 is 10.2 Å². The molecule has 0 aliphatic carbocycles. The van der Waals surface area contributed by atoms with Crippen molar-refractivity contribution in [2.75, 3.05) is 11.4 Å².